The van der Waals surface area contributed by atoms with Crippen molar-refractivity contribution in [1.29, 1.82) is 0 Å². The third-order valence-electron chi connectivity index (χ3n) is 4.25. The van der Waals surface area contributed by atoms with Crippen LogP contribution in [0.4, 0.5) is 5.13 Å². The van der Waals surface area contributed by atoms with Gasteiger partial charge in [-0.25, -0.2) is 14.8 Å². The fraction of sp³-hybridized carbons (Fsp3) is 0.300. The molecule has 158 valence electrons. The normalized spacial score (nSPS) is 14.4. The number of esters is 1. The van der Waals surface area contributed by atoms with Crippen molar-refractivity contribution in [2.24, 2.45) is 4.99 Å². The number of aliphatic imine (C=N–C) groups is 1. The number of carbonyl (C=O) groups is 2. The van der Waals surface area contributed by atoms with Gasteiger partial charge in [0.1, 0.15) is 0 Å². The summed E-state index contributed by atoms with van der Waals surface area (Å²) in [4.78, 5) is 34.2. The Bertz CT molecular complexity index is 1020. The Morgan fingerprint density at radius 1 is 1.20 bits per heavy atom. The zero-order valence-corrected chi connectivity index (χ0v) is 18.0. The Labute approximate surface area is 177 Å². The summed E-state index contributed by atoms with van der Waals surface area (Å²) in [6, 6.07) is 3.28. The molecule has 1 aliphatic heterocycles. The average molecular weight is 431 g/mol. The number of carbonyl (C=O) groups excluding carboxylic acids is 2. The van der Waals surface area contributed by atoms with Gasteiger partial charge in [-0.3, -0.25) is 9.69 Å². The van der Waals surface area contributed by atoms with Gasteiger partial charge in [0, 0.05) is 24.4 Å². The van der Waals surface area contributed by atoms with Crippen LogP contribution in [0.25, 0.3) is 6.08 Å². The van der Waals surface area contributed by atoms with Crippen LogP contribution in [0.15, 0.2) is 28.2 Å². The topological polar surface area (TPSA) is 99.6 Å². The highest BCUT2D eigenvalue weighted by molar-refractivity contribution is 7.14. The number of amides is 1. The fourth-order valence-electron chi connectivity index (χ4n) is 2.84. The van der Waals surface area contributed by atoms with Crippen LogP contribution in [0.3, 0.4) is 0 Å². The number of aromatic nitrogens is 1. The van der Waals surface area contributed by atoms with E-state index in [4.69, 9.17) is 18.9 Å². The number of ether oxygens (including phenoxy) is 4. The molecule has 0 atom stereocenters. The van der Waals surface area contributed by atoms with Gasteiger partial charge in [0.15, 0.2) is 22.3 Å². The molecule has 0 spiro atoms. The average Bonchev–Trinajstić information content (AvgIpc) is 3.34. The molecule has 2 aromatic rings. The SMILES string of the molecule is CCN(C(C)=O)c1nc(/C=C2\N=C(c3cc(OC)c(OC)c(OC)c3)OC2=O)cs1. The molecule has 0 fully saturated rings. The van der Waals surface area contributed by atoms with Crippen LogP contribution in [-0.2, 0) is 14.3 Å². The van der Waals surface area contributed by atoms with E-state index >= 15 is 0 Å². The van der Waals surface area contributed by atoms with E-state index in [-0.39, 0.29) is 17.5 Å². The first-order valence-electron chi connectivity index (χ1n) is 8.98. The molecule has 3 rings (SSSR count). The third kappa shape index (κ3) is 4.13. The van der Waals surface area contributed by atoms with Gasteiger partial charge < -0.3 is 18.9 Å². The fourth-order valence-corrected chi connectivity index (χ4v) is 3.73. The summed E-state index contributed by atoms with van der Waals surface area (Å²) < 4.78 is 21.3. The Hall–Kier alpha value is -3.40. The van der Waals surface area contributed by atoms with E-state index < -0.39 is 5.97 Å². The predicted octanol–water partition coefficient (Wildman–Crippen LogP) is 2.89. The van der Waals surface area contributed by atoms with Gasteiger partial charge in [-0.1, -0.05) is 0 Å². The largest absolute Gasteiger partial charge is 0.493 e. The van der Waals surface area contributed by atoms with Gasteiger partial charge in [-0.05, 0) is 25.1 Å². The smallest absolute Gasteiger partial charge is 0.363 e. The number of hydrogen-bond acceptors (Lipinski definition) is 9. The first-order chi connectivity index (χ1) is 14.4. The Kier molecular flexibility index (Phi) is 6.36. The number of benzene rings is 1. The molecule has 9 nitrogen and oxygen atoms in total. The van der Waals surface area contributed by atoms with E-state index in [0.29, 0.717) is 40.2 Å². The van der Waals surface area contributed by atoms with E-state index in [1.54, 1.807) is 22.4 Å². The van der Waals surface area contributed by atoms with Gasteiger partial charge in [0.25, 0.3) is 0 Å². The predicted molar refractivity (Wildman–Crippen MR) is 113 cm³/mol. The monoisotopic (exact) mass is 431 g/mol. The zero-order valence-electron chi connectivity index (χ0n) is 17.2. The maximum Gasteiger partial charge on any atom is 0.363 e. The van der Waals surface area contributed by atoms with E-state index in [2.05, 4.69) is 9.98 Å². The number of hydrogen-bond donors (Lipinski definition) is 0. The number of rotatable bonds is 7. The van der Waals surface area contributed by atoms with Crippen molar-refractivity contribution in [2.75, 3.05) is 32.8 Å². The van der Waals surface area contributed by atoms with E-state index in [0.717, 1.165) is 0 Å². The van der Waals surface area contributed by atoms with Crippen LogP contribution >= 0.6 is 11.3 Å². The highest BCUT2D eigenvalue weighted by Crippen LogP contribution is 2.39. The van der Waals surface area contributed by atoms with E-state index in [1.165, 1.54) is 45.7 Å². The minimum absolute atomic E-state index is 0.0986. The van der Waals surface area contributed by atoms with E-state index in [1.807, 2.05) is 6.92 Å². The summed E-state index contributed by atoms with van der Waals surface area (Å²) in [6.45, 7) is 3.85. The quantitative estimate of drug-likeness (QED) is 0.491. The lowest BCUT2D eigenvalue weighted by Crippen LogP contribution is -2.27. The number of anilines is 1. The summed E-state index contributed by atoms with van der Waals surface area (Å²) >= 11 is 1.31. The molecule has 0 bridgehead atoms. The van der Waals surface area contributed by atoms with Crippen LogP contribution in [0.1, 0.15) is 25.1 Å². The molecule has 0 radical (unpaired) electrons. The van der Waals surface area contributed by atoms with Crippen molar-refractivity contribution in [2.45, 2.75) is 13.8 Å². The molecule has 1 amide bonds. The molecule has 0 unspecified atom stereocenters. The Balaban J connectivity index is 1.94. The molecule has 1 aromatic heterocycles. The lowest BCUT2D eigenvalue weighted by Gasteiger charge is -2.14. The second-order valence-corrected chi connectivity index (χ2v) is 6.90. The summed E-state index contributed by atoms with van der Waals surface area (Å²) in [5, 5.41) is 2.30. The highest BCUT2D eigenvalue weighted by Gasteiger charge is 2.27. The van der Waals surface area contributed by atoms with E-state index in [9.17, 15) is 9.59 Å². The molecule has 1 aromatic carbocycles. The van der Waals surface area contributed by atoms with Crippen LogP contribution in [-0.4, -0.2) is 50.6 Å². The van der Waals surface area contributed by atoms with Gasteiger partial charge >= 0.3 is 5.97 Å². The first kappa shape index (κ1) is 21.3. The summed E-state index contributed by atoms with van der Waals surface area (Å²) in [7, 11) is 4.49. The lowest BCUT2D eigenvalue weighted by atomic mass is 10.2. The number of methoxy groups -OCH3 is 3. The van der Waals surface area contributed by atoms with Crippen LogP contribution < -0.4 is 19.1 Å². The van der Waals surface area contributed by atoms with Gasteiger partial charge in [-0.2, -0.15) is 0 Å². The van der Waals surface area contributed by atoms with Crippen molar-refractivity contribution in [3.63, 3.8) is 0 Å². The molecule has 0 saturated heterocycles. The summed E-state index contributed by atoms with van der Waals surface area (Å²) in [5.74, 6) is 0.652. The maximum absolute atomic E-state index is 12.3. The molecule has 0 N–H and O–H groups in total. The second kappa shape index (κ2) is 8.95. The second-order valence-electron chi connectivity index (χ2n) is 6.07. The summed E-state index contributed by atoms with van der Waals surface area (Å²) in [6.07, 6.45) is 1.52. The van der Waals surface area contributed by atoms with Crippen LogP contribution in [0.5, 0.6) is 17.2 Å². The standard InChI is InChI=1S/C20H21N3O6S/c1-6-23(11(2)24)20-21-13(10-30-20)9-14-19(25)29-18(22-14)12-7-15(26-3)17(28-5)16(8-12)27-4/h7-10H,6H2,1-5H3/b14-9-. The van der Waals surface area contributed by atoms with Crippen molar-refractivity contribution in [1.82, 2.24) is 4.98 Å². The van der Waals surface area contributed by atoms with Crippen molar-refractivity contribution < 1.29 is 28.5 Å². The van der Waals surface area contributed by atoms with Crippen LogP contribution in [0.2, 0.25) is 0 Å². The number of cyclic esters (lactones) is 1. The van der Waals surface area contributed by atoms with Crippen molar-refractivity contribution in [3.05, 3.63) is 34.5 Å². The first-order valence-corrected chi connectivity index (χ1v) is 9.86. The minimum Gasteiger partial charge on any atom is -0.493 e. The zero-order chi connectivity index (χ0) is 21.8. The molecule has 0 aliphatic carbocycles. The van der Waals surface area contributed by atoms with Gasteiger partial charge in [0.05, 0.1) is 27.0 Å². The maximum atomic E-state index is 12.3. The molecular formula is C20H21N3O6S. The summed E-state index contributed by atoms with van der Waals surface area (Å²) in [5.41, 5.74) is 1.10. The van der Waals surface area contributed by atoms with Crippen LogP contribution in [0, 0.1) is 0 Å². The third-order valence-corrected chi connectivity index (χ3v) is 5.14. The number of thiazole rings is 1. The molecule has 30 heavy (non-hydrogen) atoms. The lowest BCUT2D eigenvalue weighted by molar-refractivity contribution is -0.130. The van der Waals surface area contributed by atoms with Crippen molar-refractivity contribution >= 4 is 40.3 Å². The molecule has 10 heteroatoms. The molecule has 0 saturated carbocycles. The van der Waals surface area contributed by atoms with Crippen molar-refractivity contribution in [3.8, 4) is 17.2 Å². The highest BCUT2D eigenvalue weighted by atomic mass is 32.1. The molecule has 2 heterocycles. The minimum atomic E-state index is -0.604. The molecule has 1 aliphatic rings. The molecular weight excluding hydrogens is 410 g/mol. The Morgan fingerprint density at radius 2 is 1.87 bits per heavy atom. The Morgan fingerprint density at radius 3 is 2.40 bits per heavy atom. The van der Waals surface area contributed by atoms with Gasteiger partial charge in [0.2, 0.25) is 17.6 Å². The van der Waals surface area contributed by atoms with Gasteiger partial charge in [-0.15, -0.1) is 11.3 Å². The number of nitrogens with zero attached hydrogens (tertiary/aromatic N) is 3.